The summed E-state index contributed by atoms with van der Waals surface area (Å²) in [7, 11) is 0. The SMILES string of the molecule is CCCCCCCCCCCCC(CCCCCCCC(=O)NCC(=O)O)OC(=O)CCCCCCCCCC. The highest BCUT2D eigenvalue weighted by atomic mass is 16.5. The van der Waals surface area contributed by atoms with Gasteiger partial charge < -0.3 is 15.2 Å². The summed E-state index contributed by atoms with van der Waals surface area (Å²) in [4.78, 5) is 34.7. The predicted octanol–water partition coefficient (Wildman–Crippen LogP) is 9.67. The van der Waals surface area contributed by atoms with Crippen molar-refractivity contribution in [2.45, 2.75) is 193 Å². The van der Waals surface area contributed by atoms with E-state index in [-0.39, 0.29) is 24.5 Å². The zero-order chi connectivity index (χ0) is 29.5. The van der Waals surface area contributed by atoms with E-state index in [1.54, 1.807) is 0 Å². The lowest BCUT2D eigenvalue weighted by atomic mass is 10.0. The second-order valence-corrected chi connectivity index (χ2v) is 11.8. The largest absolute Gasteiger partial charge is 0.480 e. The number of carbonyl (C=O) groups excluding carboxylic acids is 2. The standard InChI is InChI=1S/C34H65NO5/c1-3-5-7-9-11-13-14-15-18-22-26-31(40-34(39)29-25-21-16-12-10-8-6-4-2)27-23-19-17-20-24-28-32(36)35-30-33(37)38/h31H,3-30H2,1-2H3,(H,35,36)(H,37,38). The first-order valence-corrected chi connectivity index (χ1v) is 17.2. The second kappa shape index (κ2) is 30.4. The van der Waals surface area contributed by atoms with Gasteiger partial charge >= 0.3 is 11.9 Å². The summed E-state index contributed by atoms with van der Waals surface area (Å²) in [6.07, 6.45) is 30.7. The number of rotatable bonds is 31. The van der Waals surface area contributed by atoms with Crippen molar-refractivity contribution in [1.29, 1.82) is 0 Å². The van der Waals surface area contributed by atoms with Crippen molar-refractivity contribution in [2.24, 2.45) is 0 Å². The molecule has 0 aliphatic rings. The molecule has 6 heteroatoms. The number of ether oxygens (including phenoxy) is 1. The van der Waals surface area contributed by atoms with Crippen LogP contribution in [0.4, 0.5) is 0 Å². The lowest BCUT2D eigenvalue weighted by Gasteiger charge is -2.18. The van der Waals surface area contributed by atoms with E-state index in [2.05, 4.69) is 19.2 Å². The Labute approximate surface area is 247 Å². The molecule has 0 rings (SSSR count). The zero-order valence-corrected chi connectivity index (χ0v) is 26.5. The Morgan fingerprint density at radius 3 is 1.35 bits per heavy atom. The van der Waals surface area contributed by atoms with Crippen molar-refractivity contribution in [2.75, 3.05) is 6.54 Å². The minimum atomic E-state index is -1.01. The number of carboxylic acids is 1. The molecule has 0 aromatic heterocycles. The molecular formula is C34H65NO5. The smallest absolute Gasteiger partial charge is 0.322 e. The Morgan fingerprint density at radius 2 is 0.925 bits per heavy atom. The fourth-order valence-corrected chi connectivity index (χ4v) is 5.22. The maximum atomic E-state index is 12.5. The molecule has 40 heavy (non-hydrogen) atoms. The van der Waals surface area contributed by atoms with Gasteiger partial charge in [0.25, 0.3) is 0 Å². The van der Waals surface area contributed by atoms with Gasteiger partial charge in [0.15, 0.2) is 0 Å². The van der Waals surface area contributed by atoms with Crippen LogP contribution in [0.5, 0.6) is 0 Å². The van der Waals surface area contributed by atoms with Crippen molar-refractivity contribution in [3.05, 3.63) is 0 Å². The molecule has 0 saturated heterocycles. The van der Waals surface area contributed by atoms with Gasteiger partial charge in [-0.3, -0.25) is 14.4 Å². The van der Waals surface area contributed by atoms with Crippen molar-refractivity contribution >= 4 is 17.8 Å². The second-order valence-electron chi connectivity index (χ2n) is 11.8. The summed E-state index contributed by atoms with van der Waals surface area (Å²) in [5, 5.41) is 11.0. The molecule has 0 aliphatic heterocycles. The number of hydrogen-bond donors (Lipinski definition) is 2. The molecule has 0 aromatic carbocycles. The average Bonchev–Trinajstić information content (AvgIpc) is 2.93. The first-order valence-electron chi connectivity index (χ1n) is 17.2. The summed E-state index contributed by atoms with van der Waals surface area (Å²) < 4.78 is 5.96. The first kappa shape index (κ1) is 38.4. The molecule has 0 aliphatic carbocycles. The Hall–Kier alpha value is -1.59. The normalized spacial score (nSPS) is 11.8. The maximum absolute atomic E-state index is 12.5. The van der Waals surface area contributed by atoms with E-state index in [4.69, 9.17) is 9.84 Å². The van der Waals surface area contributed by atoms with E-state index >= 15 is 0 Å². The van der Waals surface area contributed by atoms with Gasteiger partial charge in [-0.15, -0.1) is 0 Å². The van der Waals surface area contributed by atoms with Crippen LogP contribution >= 0.6 is 0 Å². The van der Waals surface area contributed by atoms with Crippen molar-refractivity contribution < 1.29 is 24.2 Å². The summed E-state index contributed by atoms with van der Waals surface area (Å²) in [5.41, 5.74) is 0. The first-order chi connectivity index (χ1) is 19.5. The Kier molecular flexibility index (Phi) is 29.2. The molecule has 1 amide bonds. The fourth-order valence-electron chi connectivity index (χ4n) is 5.22. The van der Waals surface area contributed by atoms with E-state index in [0.717, 1.165) is 64.2 Å². The Balaban J connectivity index is 4.14. The molecule has 0 spiro atoms. The van der Waals surface area contributed by atoms with Gasteiger partial charge in [-0.1, -0.05) is 136 Å². The minimum Gasteiger partial charge on any atom is -0.480 e. The molecule has 0 aromatic rings. The van der Waals surface area contributed by atoms with Crippen LogP contribution in [0.2, 0.25) is 0 Å². The van der Waals surface area contributed by atoms with Crippen LogP contribution in [0.1, 0.15) is 187 Å². The topological polar surface area (TPSA) is 92.7 Å². The highest BCUT2D eigenvalue weighted by molar-refractivity contribution is 5.80. The lowest BCUT2D eigenvalue weighted by Crippen LogP contribution is -2.28. The number of nitrogens with one attached hydrogen (secondary N) is 1. The summed E-state index contributed by atoms with van der Waals surface area (Å²) in [6, 6.07) is 0. The van der Waals surface area contributed by atoms with Crippen LogP contribution in [0.25, 0.3) is 0 Å². The molecule has 0 saturated carbocycles. The summed E-state index contributed by atoms with van der Waals surface area (Å²) in [5.74, 6) is -1.22. The van der Waals surface area contributed by atoms with Crippen LogP contribution in [0.3, 0.4) is 0 Å². The molecule has 236 valence electrons. The Bertz CT molecular complexity index is 595. The van der Waals surface area contributed by atoms with Crippen LogP contribution in [-0.4, -0.2) is 35.6 Å². The van der Waals surface area contributed by atoms with E-state index in [1.165, 1.54) is 96.3 Å². The fraction of sp³-hybridized carbons (Fsp3) is 0.912. The minimum absolute atomic E-state index is 0.0181. The molecule has 1 unspecified atom stereocenters. The number of amides is 1. The predicted molar refractivity (Wildman–Crippen MR) is 167 cm³/mol. The van der Waals surface area contributed by atoms with Gasteiger partial charge in [0.1, 0.15) is 12.6 Å². The van der Waals surface area contributed by atoms with E-state index in [0.29, 0.717) is 12.8 Å². The third-order valence-electron chi connectivity index (χ3n) is 7.78. The third-order valence-corrected chi connectivity index (χ3v) is 7.78. The van der Waals surface area contributed by atoms with Crippen LogP contribution < -0.4 is 5.32 Å². The van der Waals surface area contributed by atoms with Gasteiger partial charge in [-0.25, -0.2) is 0 Å². The highest BCUT2D eigenvalue weighted by Crippen LogP contribution is 2.19. The van der Waals surface area contributed by atoms with E-state index in [9.17, 15) is 14.4 Å². The maximum Gasteiger partial charge on any atom is 0.322 e. The van der Waals surface area contributed by atoms with Gasteiger partial charge in [-0.2, -0.15) is 0 Å². The van der Waals surface area contributed by atoms with Gasteiger partial charge in [0.2, 0.25) is 5.91 Å². The number of carboxylic acid groups (broad SMARTS) is 1. The molecule has 0 heterocycles. The van der Waals surface area contributed by atoms with Crippen LogP contribution in [-0.2, 0) is 19.1 Å². The van der Waals surface area contributed by atoms with Crippen LogP contribution in [0, 0.1) is 0 Å². The van der Waals surface area contributed by atoms with Gasteiger partial charge in [-0.05, 0) is 38.5 Å². The number of unbranched alkanes of at least 4 members (excludes halogenated alkanes) is 20. The molecular weight excluding hydrogens is 502 g/mol. The molecule has 2 N–H and O–H groups in total. The molecule has 0 radical (unpaired) electrons. The highest BCUT2D eigenvalue weighted by Gasteiger charge is 2.14. The monoisotopic (exact) mass is 567 g/mol. The van der Waals surface area contributed by atoms with E-state index < -0.39 is 5.97 Å². The van der Waals surface area contributed by atoms with Crippen molar-refractivity contribution in [3.8, 4) is 0 Å². The number of esters is 1. The molecule has 6 nitrogen and oxygen atoms in total. The zero-order valence-electron chi connectivity index (χ0n) is 26.5. The molecule has 0 bridgehead atoms. The quantitative estimate of drug-likeness (QED) is 0.0642. The summed E-state index contributed by atoms with van der Waals surface area (Å²) >= 11 is 0. The van der Waals surface area contributed by atoms with Gasteiger partial charge in [0.05, 0.1) is 0 Å². The number of carbonyl (C=O) groups is 3. The van der Waals surface area contributed by atoms with Gasteiger partial charge in [0, 0.05) is 12.8 Å². The number of aliphatic carboxylic acids is 1. The van der Waals surface area contributed by atoms with Crippen molar-refractivity contribution in [1.82, 2.24) is 5.32 Å². The lowest BCUT2D eigenvalue weighted by molar-refractivity contribution is -0.150. The average molecular weight is 568 g/mol. The number of hydrogen-bond acceptors (Lipinski definition) is 4. The van der Waals surface area contributed by atoms with E-state index in [1.807, 2.05) is 0 Å². The Morgan fingerprint density at radius 1 is 0.550 bits per heavy atom. The third kappa shape index (κ3) is 29.4. The van der Waals surface area contributed by atoms with Crippen LogP contribution in [0.15, 0.2) is 0 Å². The summed E-state index contributed by atoms with van der Waals surface area (Å²) in [6.45, 7) is 4.20. The molecule has 0 fully saturated rings. The molecule has 1 atom stereocenters. The van der Waals surface area contributed by atoms with Crippen molar-refractivity contribution in [3.63, 3.8) is 0 Å².